The summed E-state index contributed by atoms with van der Waals surface area (Å²) in [5.74, 6) is -0.486. The summed E-state index contributed by atoms with van der Waals surface area (Å²) in [6, 6.07) is 8.27. The lowest BCUT2D eigenvalue weighted by Gasteiger charge is -2.38. The van der Waals surface area contributed by atoms with E-state index in [0.717, 1.165) is 31.2 Å². The summed E-state index contributed by atoms with van der Waals surface area (Å²) in [4.78, 5) is 12.1. The van der Waals surface area contributed by atoms with Crippen molar-refractivity contribution in [1.29, 1.82) is 0 Å². The average Bonchev–Trinajstić information content (AvgIpc) is 3.08. The Hall–Kier alpha value is -2.17. The van der Waals surface area contributed by atoms with Gasteiger partial charge in [0.25, 0.3) is 5.91 Å². The van der Waals surface area contributed by atoms with Gasteiger partial charge in [0.2, 0.25) is 0 Å². The standard InChI is InChI=1S/C17H19FN2O2/c18-14-6-4-5-13(11-14)17(8-2-1-3-9-17)12-19-16(21)15-7-10-22-20-15/h4-7,10-11H,1-3,8-9,12H2,(H,19,21). The van der Waals surface area contributed by atoms with E-state index >= 15 is 0 Å². The first-order valence-corrected chi connectivity index (χ1v) is 7.64. The molecule has 1 N–H and O–H groups in total. The van der Waals surface area contributed by atoms with Crippen molar-refractivity contribution in [3.05, 3.63) is 53.7 Å². The number of aromatic nitrogens is 1. The summed E-state index contributed by atoms with van der Waals surface area (Å²) in [5.41, 5.74) is 1.04. The molecule has 1 aromatic carbocycles. The van der Waals surface area contributed by atoms with Crippen LogP contribution in [0.15, 0.2) is 41.1 Å². The highest BCUT2D eigenvalue weighted by Crippen LogP contribution is 2.39. The van der Waals surface area contributed by atoms with Crippen molar-refractivity contribution in [2.75, 3.05) is 6.54 Å². The van der Waals surface area contributed by atoms with Gasteiger partial charge in [0, 0.05) is 18.0 Å². The Morgan fingerprint density at radius 3 is 2.77 bits per heavy atom. The zero-order chi connectivity index (χ0) is 15.4. The first kappa shape index (κ1) is 14.8. The van der Waals surface area contributed by atoms with Crippen molar-refractivity contribution in [1.82, 2.24) is 10.5 Å². The fourth-order valence-electron chi connectivity index (χ4n) is 3.28. The zero-order valence-electron chi connectivity index (χ0n) is 12.3. The quantitative estimate of drug-likeness (QED) is 0.941. The first-order chi connectivity index (χ1) is 10.7. The maximum absolute atomic E-state index is 13.6. The molecule has 1 amide bonds. The molecule has 1 aliphatic rings. The van der Waals surface area contributed by atoms with E-state index in [4.69, 9.17) is 4.52 Å². The molecule has 0 bridgehead atoms. The van der Waals surface area contributed by atoms with E-state index in [2.05, 4.69) is 10.5 Å². The Kier molecular flexibility index (Phi) is 4.22. The number of hydrogen-bond acceptors (Lipinski definition) is 3. The molecule has 3 rings (SSSR count). The van der Waals surface area contributed by atoms with Crippen LogP contribution in [0.1, 0.15) is 48.2 Å². The van der Waals surface area contributed by atoms with E-state index in [1.54, 1.807) is 12.1 Å². The molecule has 0 atom stereocenters. The predicted molar refractivity (Wildman–Crippen MR) is 80.0 cm³/mol. The number of benzene rings is 1. The largest absolute Gasteiger partial charge is 0.364 e. The fraction of sp³-hybridized carbons (Fsp3) is 0.412. The lowest BCUT2D eigenvalue weighted by atomic mass is 9.69. The minimum atomic E-state index is -0.255. The summed E-state index contributed by atoms with van der Waals surface area (Å²) in [6.07, 6.45) is 6.66. The lowest BCUT2D eigenvalue weighted by Crippen LogP contribution is -2.42. The molecule has 0 radical (unpaired) electrons. The summed E-state index contributed by atoms with van der Waals surface area (Å²) in [5, 5.41) is 6.57. The van der Waals surface area contributed by atoms with E-state index < -0.39 is 0 Å². The Balaban J connectivity index is 1.79. The van der Waals surface area contributed by atoms with Crippen LogP contribution in [-0.2, 0) is 5.41 Å². The topological polar surface area (TPSA) is 55.1 Å². The van der Waals surface area contributed by atoms with Crippen LogP contribution in [0.25, 0.3) is 0 Å². The van der Waals surface area contributed by atoms with E-state index in [-0.39, 0.29) is 22.8 Å². The van der Waals surface area contributed by atoms with Gasteiger partial charge in [0.15, 0.2) is 5.69 Å². The Morgan fingerprint density at radius 2 is 2.09 bits per heavy atom. The van der Waals surface area contributed by atoms with Crippen LogP contribution < -0.4 is 5.32 Å². The van der Waals surface area contributed by atoms with Crippen LogP contribution in [0.5, 0.6) is 0 Å². The van der Waals surface area contributed by atoms with Crippen molar-refractivity contribution >= 4 is 5.91 Å². The lowest BCUT2D eigenvalue weighted by molar-refractivity contribution is 0.0927. The summed E-state index contributed by atoms with van der Waals surface area (Å²) < 4.78 is 18.3. The van der Waals surface area contributed by atoms with Gasteiger partial charge in [-0.25, -0.2) is 4.39 Å². The molecule has 0 spiro atoms. The molecule has 22 heavy (non-hydrogen) atoms. The van der Waals surface area contributed by atoms with Gasteiger partial charge in [-0.05, 0) is 30.5 Å². The maximum Gasteiger partial charge on any atom is 0.273 e. The number of nitrogens with one attached hydrogen (secondary N) is 1. The van der Waals surface area contributed by atoms with Crippen LogP contribution in [0.3, 0.4) is 0 Å². The molecule has 0 unspecified atom stereocenters. The van der Waals surface area contributed by atoms with Gasteiger partial charge in [-0.3, -0.25) is 4.79 Å². The third-order valence-corrected chi connectivity index (χ3v) is 4.51. The zero-order valence-corrected chi connectivity index (χ0v) is 12.3. The molecule has 0 saturated heterocycles. The molecule has 4 nitrogen and oxygen atoms in total. The molecule has 1 aromatic heterocycles. The Labute approximate surface area is 128 Å². The van der Waals surface area contributed by atoms with Gasteiger partial charge in [0.05, 0.1) is 0 Å². The second-order valence-corrected chi connectivity index (χ2v) is 5.92. The van der Waals surface area contributed by atoms with Crippen molar-refractivity contribution in [2.45, 2.75) is 37.5 Å². The normalized spacial score (nSPS) is 17.1. The first-order valence-electron chi connectivity index (χ1n) is 7.64. The number of nitrogens with zero attached hydrogens (tertiary/aromatic N) is 1. The predicted octanol–water partition coefficient (Wildman–Crippen LogP) is 3.45. The summed E-state index contributed by atoms with van der Waals surface area (Å²) in [6.45, 7) is 0.488. The van der Waals surface area contributed by atoms with Crippen molar-refractivity contribution in [2.24, 2.45) is 0 Å². The minimum Gasteiger partial charge on any atom is -0.364 e. The third kappa shape index (κ3) is 3.03. The molecule has 1 fully saturated rings. The Bertz CT molecular complexity index is 634. The highest BCUT2D eigenvalue weighted by Gasteiger charge is 2.34. The minimum absolute atomic E-state index is 0.195. The average molecular weight is 302 g/mol. The van der Waals surface area contributed by atoms with Crippen LogP contribution in [0, 0.1) is 5.82 Å². The van der Waals surface area contributed by atoms with E-state index in [0.29, 0.717) is 6.54 Å². The third-order valence-electron chi connectivity index (χ3n) is 4.51. The maximum atomic E-state index is 13.6. The number of amides is 1. The number of carbonyl (C=O) groups excluding carboxylic acids is 1. The van der Waals surface area contributed by atoms with Gasteiger partial charge in [-0.2, -0.15) is 0 Å². The summed E-state index contributed by atoms with van der Waals surface area (Å²) >= 11 is 0. The highest BCUT2D eigenvalue weighted by atomic mass is 19.1. The van der Waals surface area contributed by atoms with Gasteiger partial charge < -0.3 is 9.84 Å². The second-order valence-electron chi connectivity index (χ2n) is 5.92. The van der Waals surface area contributed by atoms with Crippen LogP contribution in [0.4, 0.5) is 4.39 Å². The van der Waals surface area contributed by atoms with Gasteiger partial charge >= 0.3 is 0 Å². The molecule has 2 aromatic rings. The Morgan fingerprint density at radius 1 is 1.27 bits per heavy atom. The molecule has 0 aliphatic heterocycles. The number of hydrogen-bond donors (Lipinski definition) is 1. The molecule has 1 heterocycles. The van der Waals surface area contributed by atoms with E-state index in [1.165, 1.54) is 24.8 Å². The second kappa shape index (κ2) is 6.30. The van der Waals surface area contributed by atoms with E-state index in [9.17, 15) is 9.18 Å². The van der Waals surface area contributed by atoms with Crippen molar-refractivity contribution < 1.29 is 13.7 Å². The van der Waals surface area contributed by atoms with Crippen LogP contribution in [0.2, 0.25) is 0 Å². The van der Waals surface area contributed by atoms with Crippen LogP contribution >= 0.6 is 0 Å². The molecule has 1 saturated carbocycles. The molecule has 116 valence electrons. The SMILES string of the molecule is O=C(NCC1(c2cccc(F)c2)CCCCC1)c1ccon1. The monoisotopic (exact) mass is 302 g/mol. The number of carbonyl (C=O) groups is 1. The summed E-state index contributed by atoms with van der Waals surface area (Å²) in [7, 11) is 0. The number of rotatable bonds is 4. The fourth-order valence-corrected chi connectivity index (χ4v) is 3.28. The van der Waals surface area contributed by atoms with Gasteiger partial charge in [0.1, 0.15) is 12.1 Å². The number of halogens is 1. The molecule has 1 aliphatic carbocycles. The van der Waals surface area contributed by atoms with E-state index in [1.807, 2.05) is 6.07 Å². The van der Waals surface area contributed by atoms with Crippen molar-refractivity contribution in [3.8, 4) is 0 Å². The smallest absolute Gasteiger partial charge is 0.273 e. The molecule has 5 heteroatoms. The molecular weight excluding hydrogens is 283 g/mol. The van der Waals surface area contributed by atoms with Crippen LogP contribution in [-0.4, -0.2) is 17.6 Å². The van der Waals surface area contributed by atoms with Crippen molar-refractivity contribution in [3.63, 3.8) is 0 Å². The molecular formula is C17H19FN2O2. The highest BCUT2D eigenvalue weighted by molar-refractivity contribution is 5.92. The van der Waals surface area contributed by atoms with Gasteiger partial charge in [-0.1, -0.05) is 36.6 Å². The van der Waals surface area contributed by atoms with Gasteiger partial charge in [-0.15, -0.1) is 0 Å².